The minimum absolute atomic E-state index is 0.253. The molecule has 32 heavy (non-hydrogen) atoms. The Bertz CT molecular complexity index is 1320. The van der Waals surface area contributed by atoms with Crippen molar-refractivity contribution in [1.29, 1.82) is 0 Å². The van der Waals surface area contributed by atoms with Crippen LogP contribution in [0.1, 0.15) is 34.1 Å². The van der Waals surface area contributed by atoms with E-state index in [2.05, 4.69) is 9.97 Å². The van der Waals surface area contributed by atoms with Crippen molar-refractivity contribution in [3.05, 3.63) is 101 Å². The number of para-hydroxylation sites is 2. The van der Waals surface area contributed by atoms with E-state index in [-0.39, 0.29) is 17.6 Å². The highest BCUT2D eigenvalue weighted by molar-refractivity contribution is 6.30. The summed E-state index contributed by atoms with van der Waals surface area (Å²) >= 11 is 6.05. The van der Waals surface area contributed by atoms with Gasteiger partial charge in [-0.2, -0.15) is 5.10 Å². The summed E-state index contributed by atoms with van der Waals surface area (Å²) in [7, 11) is 1.63. The molecule has 4 aromatic rings. The maximum atomic E-state index is 13.5. The third kappa shape index (κ3) is 3.81. The second-order valence-corrected chi connectivity index (χ2v) is 7.88. The number of ether oxygens (including phenoxy) is 1. The van der Waals surface area contributed by atoms with Gasteiger partial charge in [0.15, 0.2) is 0 Å². The van der Waals surface area contributed by atoms with Crippen LogP contribution in [0.2, 0.25) is 5.02 Å². The van der Waals surface area contributed by atoms with Crippen LogP contribution in [-0.2, 0) is 0 Å². The van der Waals surface area contributed by atoms with Crippen molar-refractivity contribution >= 4 is 34.3 Å². The van der Waals surface area contributed by atoms with Gasteiger partial charge in [0.2, 0.25) is 0 Å². The summed E-state index contributed by atoms with van der Waals surface area (Å²) in [6, 6.07) is 22.3. The number of nitrogens with zero attached hydrogens (tertiary/aromatic N) is 4. The quantitative estimate of drug-likeness (QED) is 0.431. The Labute approximate surface area is 190 Å². The topological polar surface area (TPSA) is 67.7 Å². The molecule has 2 heterocycles. The molecule has 1 unspecified atom stereocenters. The number of aromatic nitrogens is 2. The van der Waals surface area contributed by atoms with Gasteiger partial charge in [0.05, 0.1) is 36.1 Å². The van der Waals surface area contributed by atoms with Crippen molar-refractivity contribution < 1.29 is 9.53 Å². The van der Waals surface area contributed by atoms with Crippen LogP contribution < -0.4 is 4.74 Å². The maximum Gasteiger partial charge on any atom is 0.294 e. The Balaban J connectivity index is 1.54. The van der Waals surface area contributed by atoms with E-state index in [0.717, 1.165) is 28.1 Å². The molecule has 5 rings (SSSR count). The highest BCUT2D eigenvalue weighted by atomic mass is 35.5. The molecule has 0 fully saturated rings. The normalized spacial score (nSPS) is 15.6. The zero-order valence-electron chi connectivity index (χ0n) is 17.3. The number of benzene rings is 3. The summed E-state index contributed by atoms with van der Waals surface area (Å²) in [5.74, 6) is 0.455. The monoisotopic (exact) mass is 442 g/mol. The van der Waals surface area contributed by atoms with Crippen molar-refractivity contribution in [1.82, 2.24) is 15.0 Å². The van der Waals surface area contributed by atoms with E-state index in [1.165, 1.54) is 11.2 Å². The van der Waals surface area contributed by atoms with Gasteiger partial charge in [-0.1, -0.05) is 48.0 Å². The van der Waals surface area contributed by atoms with Crippen molar-refractivity contribution in [2.45, 2.75) is 12.5 Å². The molecule has 7 heteroatoms. The number of hydrazone groups is 1. The zero-order valence-corrected chi connectivity index (χ0v) is 18.0. The number of carbonyl (C=O) groups excluding carboxylic acids is 1. The summed E-state index contributed by atoms with van der Waals surface area (Å²) in [5, 5.41) is 6.86. The van der Waals surface area contributed by atoms with Gasteiger partial charge in [0, 0.05) is 11.4 Å². The molecule has 0 saturated carbocycles. The van der Waals surface area contributed by atoms with Crippen LogP contribution >= 0.6 is 11.6 Å². The Morgan fingerprint density at radius 3 is 2.44 bits per heavy atom. The lowest BCUT2D eigenvalue weighted by Gasteiger charge is -2.22. The van der Waals surface area contributed by atoms with Gasteiger partial charge in [-0.25, -0.2) is 9.99 Å². The van der Waals surface area contributed by atoms with E-state index < -0.39 is 0 Å². The molecule has 1 aromatic heterocycles. The van der Waals surface area contributed by atoms with E-state index in [1.807, 2.05) is 72.8 Å². The fourth-order valence-electron chi connectivity index (χ4n) is 3.78. The molecular weight excluding hydrogens is 424 g/mol. The van der Waals surface area contributed by atoms with E-state index in [9.17, 15) is 4.79 Å². The number of fused-ring (bicyclic) bond motifs is 1. The third-order valence-corrected chi connectivity index (χ3v) is 5.72. The lowest BCUT2D eigenvalue weighted by molar-refractivity contribution is 0.0705. The van der Waals surface area contributed by atoms with Gasteiger partial charge in [0.1, 0.15) is 11.4 Å². The molecule has 1 atom stereocenters. The minimum Gasteiger partial charge on any atom is -0.497 e. The average molecular weight is 443 g/mol. The molecule has 0 radical (unpaired) electrons. The molecule has 1 aliphatic heterocycles. The van der Waals surface area contributed by atoms with E-state index in [0.29, 0.717) is 17.0 Å². The molecule has 0 N–H and O–H groups in total. The standard InChI is InChI=1S/C25H19ClN4O2/c1-32-19-12-8-17(9-13-19)24-14-22(16-6-10-18(26)11-7-16)29-30(24)25(31)23-15-27-20-4-2-3-5-21(20)28-23/h2-13,15,24H,14H2,1H3. The van der Waals surface area contributed by atoms with E-state index in [4.69, 9.17) is 21.4 Å². The number of carbonyl (C=O) groups is 1. The Morgan fingerprint density at radius 2 is 1.72 bits per heavy atom. The minimum atomic E-state index is -0.298. The molecule has 0 spiro atoms. The third-order valence-electron chi connectivity index (χ3n) is 5.46. The van der Waals surface area contributed by atoms with Crippen LogP contribution in [0, 0.1) is 0 Å². The first-order chi connectivity index (χ1) is 15.6. The first kappa shape index (κ1) is 20.2. The fourth-order valence-corrected chi connectivity index (χ4v) is 3.90. The second-order valence-electron chi connectivity index (χ2n) is 7.44. The SMILES string of the molecule is COc1ccc(C2CC(c3ccc(Cl)cc3)=NN2C(=O)c2cnc3ccccc3n2)cc1. The van der Waals surface area contributed by atoms with Crippen molar-refractivity contribution in [2.24, 2.45) is 5.10 Å². The lowest BCUT2D eigenvalue weighted by Crippen LogP contribution is -2.28. The predicted octanol–water partition coefficient (Wildman–Crippen LogP) is 5.28. The van der Waals surface area contributed by atoms with Gasteiger partial charge < -0.3 is 4.74 Å². The lowest BCUT2D eigenvalue weighted by atomic mass is 9.98. The van der Waals surface area contributed by atoms with Crippen LogP contribution in [-0.4, -0.2) is 33.7 Å². The van der Waals surface area contributed by atoms with Crippen LogP contribution in [0.3, 0.4) is 0 Å². The number of rotatable bonds is 4. The highest BCUT2D eigenvalue weighted by Crippen LogP contribution is 2.34. The fraction of sp³-hybridized carbons (Fsp3) is 0.120. The van der Waals surface area contributed by atoms with Crippen LogP contribution in [0.4, 0.5) is 0 Å². The van der Waals surface area contributed by atoms with Gasteiger partial charge in [-0.15, -0.1) is 0 Å². The van der Waals surface area contributed by atoms with Crippen LogP contribution in [0.25, 0.3) is 11.0 Å². The van der Waals surface area contributed by atoms with Crippen LogP contribution in [0.15, 0.2) is 84.1 Å². The van der Waals surface area contributed by atoms with Gasteiger partial charge >= 0.3 is 0 Å². The molecule has 158 valence electrons. The molecule has 1 aliphatic rings. The molecular formula is C25H19ClN4O2. The molecule has 6 nitrogen and oxygen atoms in total. The predicted molar refractivity (Wildman–Crippen MR) is 124 cm³/mol. The Kier molecular flexibility index (Phi) is 5.29. The van der Waals surface area contributed by atoms with Crippen LogP contribution in [0.5, 0.6) is 5.75 Å². The number of methoxy groups -OCH3 is 1. The Hall–Kier alpha value is -3.77. The zero-order chi connectivity index (χ0) is 22.1. The highest BCUT2D eigenvalue weighted by Gasteiger charge is 2.34. The summed E-state index contributed by atoms with van der Waals surface area (Å²) < 4.78 is 5.28. The number of hydrogen-bond donors (Lipinski definition) is 0. The van der Waals surface area contributed by atoms with Gasteiger partial charge in [-0.3, -0.25) is 9.78 Å². The molecule has 0 saturated heterocycles. The van der Waals surface area contributed by atoms with Crippen molar-refractivity contribution in [3.63, 3.8) is 0 Å². The smallest absolute Gasteiger partial charge is 0.294 e. The largest absolute Gasteiger partial charge is 0.497 e. The average Bonchev–Trinajstić information content (AvgIpc) is 3.29. The maximum absolute atomic E-state index is 13.5. The van der Waals surface area contributed by atoms with Gasteiger partial charge in [-0.05, 0) is 47.5 Å². The number of hydrogen-bond acceptors (Lipinski definition) is 5. The summed E-state index contributed by atoms with van der Waals surface area (Å²) in [5.41, 5.74) is 4.35. The summed E-state index contributed by atoms with van der Waals surface area (Å²) in [6.45, 7) is 0. The van der Waals surface area contributed by atoms with Crippen molar-refractivity contribution in [3.8, 4) is 5.75 Å². The molecule has 1 amide bonds. The number of halogens is 1. The van der Waals surface area contributed by atoms with E-state index in [1.54, 1.807) is 7.11 Å². The first-order valence-corrected chi connectivity index (χ1v) is 10.5. The first-order valence-electron chi connectivity index (χ1n) is 10.1. The number of amides is 1. The second kappa shape index (κ2) is 8.40. The van der Waals surface area contributed by atoms with Gasteiger partial charge in [0.25, 0.3) is 5.91 Å². The summed E-state index contributed by atoms with van der Waals surface area (Å²) in [4.78, 5) is 22.4. The Morgan fingerprint density at radius 1 is 1.00 bits per heavy atom. The molecule has 0 aliphatic carbocycles. The summed E-state index contributed by atoms with van der Waals surface area (Å²) in [6.07, 6.45) is 2.08. The van der Waals surface area contributed by atoms with Crippen molar-refractivity contribution in [2.75, 3.05) is 7.11 Å². The molecule has 0 bridgehead atoms. The molecule has 3 aromatic carbocycles. The van der Waals surface area contributed by atoms with E-state index >= 15 is 0 Å².